The minimum Gasteiger partial charge on any atom is -0.456 e. The molecule has 0 saturated carbocycles. The van der Waals surface area contributed by atoms with Gasteiger partial charge in [0.05, 0.1) is 18.7 Å². The van der Waals surface area contributed by atoms with Gasteiger partial charge in [0, 0.05) is 23.4 Å². The number of hydrogen-bond acceptors (Lipinski definition) is 6. The molecule has 1 atom stereocenters. The summed E-state index contributed by atoms with van der Waals surface area (Å²) in [5.74, 6) is 0.573. The zero-order chi connectivity index (χ0) is 20.1. The van der Waals surface area contributed by atoms with E-state index in [2.05, 4.69) is 4.98 Å². The molecule has 0 bridgehead atoms. The Kier molecular flexibility index (Phi) is 6.05. The molecule has 29 heavy (non-hydrogen) atoms. The molecule has 4 rings (SSSR count). The van der Waals surface area contributed by atoms with Crippen LogP contribution in [0.2, 0.25) is 0 Å². The number of ether oxygens (including phenoxy) is 1. The molecule has 1 aliphatic heterocycles. The Morgan fingerprint density at radius 2 is 2.07 bits per heavy atom. The highest BCUT2D eigenvalue weighted by Gasteiger charge is 2.30. The van der Waals surface area contributed by atoms with Crippen molar-refractivity contribution in [1.82, 2.24) is 9.88 Å². The largest absolute Gasteiger partial charge is 0.456 e. The van der Waals surface area contributed by atoms with Crippen LogP contribution in [0.1, 0.15) is 36.1 Å². The zero-order valence-corrected chi connectivity index (χ0v) is 16.8. The van der Waals surface area contributed by atoms with Crippen molar-refractivity contribution < 1.29 is 18.7 Å². The number of benzene rings is 1. The minimum absolute atomic E-state index is 0.102. The average molecular weight is 410 g/mol. The van der Waals surface area contributed by atoms with E-state index in [0.29, 0.717) is 24.6 Å². The van der Waals surface area contributed by atoms with Crippen molar-refractivity contribution in [2.45, 2.75) is 31.7 Å². The number of aromatic nitrogens is 1. The van der Waals surface area contributed by atoms with Crippen molar-refractivity contribution in [2.24, 2.45) is 0 Å². The number of hydrogen-bond donors (Lipinski definition) is 0. The molecule has 7 heteroatoms. The summed E-state index contributed by atoms with van der Waals surface area (Å²) in [6.07, 6.45) is 4.03. The molecule has 0 radical (unpaired) electrons. The molecule has 3 aromatic rings. The van der Waals surface area contributed by atoms with Gasteiger partial charge in [0.15, 0.2) is 18.3 Å². The summed E-state index contributed by atoms with van der Waals surface area (Å²) < 4.78 is 10.9. The lowest BCUT2D eigenvalue weighted by atomic mass is 10.2. The first-order valence-electron chi connectivity index (χ1n) is 9.69. The van der Waals surface area contributed by atoms with Gasteiger partial charge in [-0.05, 0) is 24.3 Å². The number of thiophene rings is 1. The van der Waals surface area contributed by atoms with E-state index in [1.54, 1.807) is 17.5 Å². The Morgan fingerprint density at radius 1 is 1.21 bits per heavy atom. The van der Waals surface area contributed by atoms with E-state index in [9.17, 15) is 9.59 Å². The number of carbonyl (C=O) groups is 2. The first-order valence-corrected chi connectivity index (χ1v) is 10.6. The molecule has 1 aliphatic rings. The fourth-order valence-electron chi connectivity index (χ4n) is 3.51. The summed E-state index contributed by atoms with van der Waals surface area (Å²) in [5.41, 5.74) is 0.935. The number of rotatable bonds is 7. The molecule has 0 aliphatic carbocycles. The van der Waals surface area contributed by atoms with Crippen LogP contribution in [0.25, 0.3) is 11.3 Å². The number of amides is 1. The van der Waals surface area contributed by atoms with Crippen LogP contribution in [0.15, 0.2) is 58.5 Å². The Labute approximate surface area is 173 Å². The molecule has 150 valence electrons. The van der Waals surface area contributed by atoms with Crippen molar-refractivity contribution >= 4 is 23.2 Å². The number of nitrogens with zero attached hydrogens (tertiary/aromatic N) is 2. The molecule has 0 spiro atoms. The van der Waals surface area contributed by atoms with Crippen LogP contribution in [0, 0.1) is 0 Å². The summed E-state index contributed by atoms with van der Waals surface area (Å²) in [5, 5.41) is 2.02. The van der Waals surface area contributed by atoms with Crippen LogP contribution in [-0.4, -0.2) is 34.9 Å². The molecule has 1 saturated heterocycles. The maximum absolute atomic E-state index is 12.5. The molecule has 3 heterocycles. The smallest absolute Gasteiger partial charge is 0.306 e. The summed E-state index contributed by atoms with van der Waals surface area (Å²) >= 11 is 1.65. The number of aryl methyl sites for hydroxylation is 1. The third kappa shape index (κ3) is 4.74. The lowest BCUT2D eigenvalue weighted by molar-refractivity contribution is -0.152. The fraction of sp³-hybridized carbons (Fsp3) is 0.318. The van der Waals surface area contributed by atoms with Gasteiger partial charge in [-0.15, -0.1) is 11.3 Å². The van der Waals surface area contributed by atoms with E-state index in [1.807, 2.05) is 52.7 Å². The highest BCUT2D eigenvalue weighted by atomic mass is 32.1. The third-order valence-electron chi connectivity index (χ3n) is 4.96. The van der Waals surface area contributed by atoms with Gasteiger partial charge in [0.2, 0.25) is 0 Å². The van der Waals surface area contributed by atoms with Gasteiger partial charge in [-0.1, -0.05) is 36.4 Å². The van der Waals surface area contributed by atoms with Gasteiger partial charge < -0.3 is 14.1 Å². The number of likely N-dealkylation sites (tertiary alicyclic amines) is 1. The monoisotopic (exact) mass is 410 g/mol. The predicted molar refractivity (Wildman–Crippen MR) is 109 cm³/mol. The van der Waals surface area contributed by atoms with Gasteiger partial charge in [0.1, 0.15) is 0 Å². The Bertz CT molecular complexity index is 952. The molecule has 1 unspecified atom stereocenters. The summed E-state index contributed by atoms with van der Waals surface area (Å²) in [4.78, 5) is 31.8. The van der Waals surface area contributed by atoms with Gasteiger partial charge in [-0.3, -0.25) is 9.59 Å². The topological polar surface area (TPSA) is 72.6 Å². The maximum Gasteiger partial charge on any atom is 0.306 e. The molecule has 1 fully saturated rings. The average Bonchev–Trinajstić information content (AvgIpc) is 3.51. The summed E-state index contributed by atoms with van der Waals surface area (Å²) in [6.45, 7) is 0.485. The summed E-state index contributed by atoms with van der Waals surface area (Å²) in [7, 11) is 0. The lowest BCUT2D eigenvalue weighted by Crippen LogP contribution is -2.34. The molecule has 6 nitrogen and oxygen atoms in total. The maximum atomic E-state index is 12.5. The Morgan fingerprint density at radius 3 is 2.86 bits per heavy atom. The van der Waals surface area contributed by atoms with Crippen LogP contribution in [-0.2, 0) is 20.7 Å². The van der Waals surface area contributed by atoms with Crippen molar-refractivity contribution in [3.05, 3.63) is 64.8 Å². The Hall–Kier alpha value is -2.93. The van der Waals surface area contributed by atoms with E-state index >= 15 is 0 Å². The lowest BCUT2D eigenvalue weighted by Gasteiger charge is -2.23. The normalized spacial score (nSPS) is 16.1. The van der Waals surface area contributed by atoms with Crippen LogP contribution in [0.5, 0.6) is 0 Å². The highest BCUT2D eigenvalue weighted by Crippen LogP contribution is 2.34. The minimum atomic E-state index is -0.426. The van der Waals surface area contributed by atoms with E-state index in [1.165, 1.54) is 4.88 Å². The van der Waals surface area contributed by atoms with Gasteiger partial charge in [-0.2, -0.15) is 0 Å². The SMILES string of the molecule is O=C(CCc1ncc(-c2ccccc2)o1)OCC(=O)N1CCCC1c1cccs1. The fourth-order valence-corrected chi connectivity index (χ4v) is 4.38. The van der Waals surface area contributed by atoms with Gasteiger partial charge >= 0.3 is 5.97 Å². The van der Waals surface area contributed by atoms with Gasteiger partial charge in [0.25, 0.3) is 5.91 Å². The Balaban J connectivity index is 1.24. The number of carbonyl (C=O) groups excluding carboxylic acids is 2. The quantitative estimate of drug-likeness (QED) is 0.545. The van der Waals surface area contributed by atoms with Crippen molar-refractivity contribution in [3.63, 3.8) is 0 Å². The second-order valence-corrected chi connectivity index (χ2v) is 7.88. The van der Waals surface area contributed by atoms with Crippen LogP contribution >= 0.6 is 11.3 Å². The highest BCUT2D eigenvalue weighted by molar-refractivity contribution is 7.10. The second kappa shape index (κ2) is 9.05. The van der Waals surface area contributed by atoms with Crippen molar-refractivity contribution in [2.75, 3.05) is 13.2 Å². The van der Waals surface area contributed by atoms with E-state index in [-0.39, 0.29) is 25.0 Å². The van der Waals surface area contributed by atoms with E-state index < -0.39 is 5.97 Å². The first kappa shape index (κ1) is 19.4. The van der Waals surface area contributed by atoms with Gasteiger partial charge in [-0.25, -0.2) is 4.98 Å². The second-order valence-electron chi connectivity index (χ2n) is 6.91. The number of oxazole rings is 1. The standard InChI is InChI=1S/C22H22N2O4S/c25-21(24-12-4-8-17(24)19-9-5-13-29-19)15-27-22(26)11-10-20-23-14-18(28-20)16-6-2-1-3-7-16/h1-3,5-7,9,13-14,17H,4,8,10-12,15H2. The van der Waals surface area contributed by atoms with Crippen LogP contribution < -0.4 is 0 Å². The first-order chi connectivity index (χ1) is 14.2. The van der Waals surface area contributed by atoms with Crippen LogP contribution in [0.3, 0.4) is 0 Å². The number of esters is 1. The van der Waals surface area contributed by atoms with E-state index in [4.69, 9.17) is 9.15 Å². The molecule has 2 aromatic heterocycles. The molecule has 1 amide bonds. The molecule has 1 aromatic carbocycles. The molecular formula is C22H22N2O4S. The zero-order valence-electron chi connectivity index (χ0n) is 16.0. The van der Waals surface area contributed by atoms with Crippen molar-refractivity contribution in [1.29, 1.82) is 0 Å². The third-order valence-corrected chi connectivity index (χ3v) is 5.93. The summed E-state index contributed by atoms with van der Waals surface area (Å²) in [6, 6.07) is 13.8. The molecular weight excluding hydrogens is 388 g/mol. The van der Waals surface area contributed by atoms with E-state index in [0.717, 1.165) is 18.4 Å². The molecule has 0 N–H and O–H groups in total. The van der Waals surface area contributed by atoms with Crippen LogP contribution in [0.4, 0.5) is 0 Å². The van der Waals surface area contributed by atoms with Crippen molar-refractivity contribution in [3.8, 4) is 11.3 Å². The predicted octanol–water partition coefficient (Wildman–Crippen LogP) is 4.24.